The van der Waals surface area contributed by atoms with E-state index in [9.17, 15) is 0 Å². The van der Waals surface area contributed by atoms with E-state index < -0.39 is 0 Å². The summed E-state index contributed by atoms with van der Waals surface area (Å²) in [5, 5.41) is 7.69. The lowest BCUT2D eigenvalue weighted by atomic mass is 10.1. The predicted octanol–water partition coefficient (Wildman–Crippen LogP) is 0.508. The van der Waals surface area contributed by atoms with Gasteiger partial charge in [-0.1, -0.05) is 0 Å². The standard InChI is InChI=1S/C10H19N5/c1-14-5-3-4-8(6-14)12-10-9(11)7-15(2)13-10/h7-8H,3-6,11H2,1-2H3,(H,12,13). The summed E-state index contributed by atoms with van der Waals surface area (Å²) < 4.78 is 1.74. The molecule has 0 aliphatic carbocycles. The molecule has 0 spiro atoms. The molecule has 1 aromatic heterocycles. The minimum Gasteiger partial charge on any atom is -0.394 e. The van der Waals surface area contributed by atoms with Crippen LogP contribution in [0.5, 0.6) is 0 Å². The zero-order valence-electron chi connectivity index (χ0n) is 9.40. The second-order valence-corrected chi connectivity index (χ2v) is 4.35. The van der Waals surface area contributed by atoms with Crippen molar-refractivity contribution < 1.29 is 0 Å². The average Bonchev–Trinajstić information content (AvgIpc) is 2.45. The minimum atomic E-state index is 0.473. The van der Waals surface area contributed by atoms with E-state index in [1.165, 1.54) is 19.4 Å². The van der Waals surface area contributed by atoms with Gasteiger partial charge in [0.05, 0.1) is 5.69 Å². The van der Waals surface area contributed by atoms with Gasteiger partial charge < -0.3 is 16.0 Å². The number of aromatic nitrogens is 2. The molecule has 1 aliphatic rings. The van der Waals surface area contributed by atoms with Crippen LogP contribution in [0.25, 0.3) is 0 Å². The molecule has 1 fully saturated rings. The Morgan fingerprint density at radius 3 is 2.93 bits per heavy atom. The first kappa shape index (κ1) is 10.3. The van der Waals surface area contributed by atoms with Crippen molar-refractivity contribution in [3.05, 3.63) is 6.20 Å². The summed E-state index contributed by atoms with van der Waals surface area (Å²) >= 11 is 0. The zero-order valence-corrected chi connectivity index (χ0v) is 9.40. The van der Waals surface area contributed by atoms with Gasteiger partial charge in [0.1, 0.15) is 0 Å². The lowest BCUT2D eigenvalue weighted by Crippen LogP contribution is -2.39. The van der Waals surface area contributed by atoms with Crippen LogP contribution in [0.1, 0.15) is 12.8 Å². The fourth-order valence-electron chi connectivity index (χ4n) is 2.10. The summed E-state index contributed by atoms with van der Waals surface area (Å²) in [4.78, 5) is 2.33. The second-order valence-electron chi connectivity index (χ2n) is 4.35. The number of nitrogens with zero attached hydrogens (tertiary/aromatic N) is 3. The van der Waals surface area contributed by atoms with Gasteiger partial charge in [-0.25, -0.2) is 0 Å². The monoisotopic (exact) mass is 209 g/mol. The molecule has 1 saturated heterocycles. The molecule has 0 aromatic carbocycles. The third kappa shape index (κ3) is 2.41. The fourth-order valence-corrected chi connectivity index (χ4v) is 2.10. The molecular weight excluding hydrogens is 190 g/mol. The summed E-state index contributed by atoms with van der Waals surface area (Å²) in [6.07, 6.45) is 4.26. The molecule has 1 atom stereocenters. The van der Waals surface area contributed by atoms with E-state index >= 15 is 0 Å². The summed E-state index contributed by atoms with van der Waals surface area (Å²) in [6.45, 7) is 2.26. The molecule has 1 aromatic rings. The number of nitrogens with one attached hydrogen (secondary N) is 1. The van der Waals surface area contributed by atoms with Gasteiger partial charge in [0.15, 0.2) is 5.82 Å². The number of aryl methyl sites for hydroxylation is 1. The molecule has 15 heavy (non-hydrogen) atoms. The quantitative estimate of drug-likeness (QED) is 0.745. The van der Waals surface area contributed by atoms with Crippen molar-refractivity contribution in [3.8, 4) is 0 Å². The van der Waals surface area contributed by atoms with E-state index in [1.807, 2.05) is 13.2 Å². The van der Waals surface area contributed by atoms with E-state index in [0.29, 0.717) is 6.04 Å². The van der Waals surface area contributed by atoms with E-state index in [4.69, 9.17) is 5.73 Å². The van der Waals surface area contributed by atoms with Gasteiger partial charge in [-0.2, -0.15) is 5.10 Å². The van der Waals surface area contributed by atoms with Crippen molar-refractivity contribution >= 4 is 11.5 Å². The van der Waals surface area contributed by atoms with Crippen molar-refractivity contribution in [3.63, 3.8) is 0 Å². The topological polar surface area (TPSA) is 59.1 Å². The van der Waals surface area contributed by atoms with Crippen LogP contribution < -0.4 is 11.1 Å². The highest BCUT2D eigenvalue weighted by atomic mass is 15.3. The van der Waals surface area contributed by atoms with Crippen LogP contribution in [-0.2, 0) is 7.05 Å². The van der Waals surface area contributed by atoms with Crippen molar-refractivity contribution in [2.45, 2.75) is 18.9 Å². The number of likely N-dealkylation sites (N-methyl/N-ethyl adjacent to an activating group) is 1. The Morgan fingerprint density at radius 2 is 2.33 bits per heavy atom. The van der Waals surface area contributed by atoms with E-state index in [2.05, 4.69) is 22.4 Å². The van der Waals surface area contributed by atoms with Crippen LogP contribution in [0.15, 0.2) is 6.20 Å². The molecule has 1 unspecified atom stereocenters. The molecule has 1 aliphatic heterocycles. The molecule has 5 heteroatoms. The summed E-state index contributed by atoms with van der Waals surface area (Å²) in [7, 11) is 4.03. The van der Waals surface area contributed by atoms with Gasteiger partial charge in [-0.05, 0) is 26.4 Å². The molecule has 2 heterocycles. The van der Waals surface area contributed by atoms with Crippen molar-refractivity contribution in [1.82, 2.24) is 14.7 Å². The first-order valence-corrected chi connectivity index (χ1v) is 5.39. The van der Waals surface area contributed by atoms with Crippen LogP contribution in [0, 0.1) is 0 Å². The molecule has 2 rings (SSSR count). The first-order chi connectivity index (χ1) is 7.15. The molecule has 0 radical (unpaired) electrons. The largest absolute Gasteiger partial charge is 0.394 e. The Labute approximate surface area is 90.2 Å². The van der Waals surface area contributed by atoms with Crippen LogP contribution in [0.3, 0.4) is 0 Å². The highest BCUT2D eigenvalue weighted by molar-refractivity contribution is 5.60. The smallest absolute Gasteiger partial charge is 0.171 e. The number of rotatable bonds is 2. The number of anilines is 2. The van der Waals surface area contributed by atoms with Crippen LogP contribution in [0.2, 0.25) is 0 Å². The van der Waals surface area contributed by atoms with Gasteiger partial charge >= 0.3 is 0 Å². The number of likely N-dealkylation sites (tertiary alicyclic amines) is 1. The Kier molecular flexibility index (Phi) is 2.81. The SMILES string of the molecule is CN1CCCC(Nc2nn(C)cc2N)C1. The minimum absolute atomic E-state index is 0.473. The Bertz CT molecular complexity index is 333. The predicted molar refractivity (Wildman–Crippen MR) is 61.8 cm³/mol. The summed E-state index contributed by atoms with van der Waals surface area (Å²) in [5.74, 6) is 0.817. The molecule has 3 N–H and O–H groups in total. The molecule has 0 amide bonds. The van der Waals surface area contributed by atoms with Gasteiger partial charge in [0, 0.05) is 25.8 Å². The summed E-state index contributed by atoms with van der Waals surface area (Å²) in [6, 6.07) is 0.473. The number of nitrogen functional groups attached to an aromatic ring is 1. The Hall–Kier alpha value is -1.23. The maximum Gasteiger partial charge on any atom is 0.171 e. The lowest BCUT2D eigenvalue weighted by molar-refractivity contribution is 0.260. The molecular formula is C10H19N5. The van der Waals surface area contributed by atoms with Crippen molar-refractivity contribution in [2.24, 2.45) is 7.05 Å². The van der Waals surface area contributed by atoms with Crippen LogP contribution in [-0.4, -0.2) is 40.9 Å². The van der Waals surface area contributed by atoms with Crippen LogP contribution in [0.4, 0.5) is 11.5 Å². The first-order valence-electron chi connectivity index (χ1n) is 5.39. The molecule has 0 saturated carbocycles. The van der Waals surface area contributed by atoms with Gasteiger partial charge in [-0.15, -0.1) is 0 Å². The number of piperidine rings is 1. The highest BCUT2D eigenvalue weighted by Crippen LogP contribution is 2.18. The van der Waals surface area contributed by atoms with Gasteiger partial charge in [-0.3, -0.25) is 4.68 Å². The maximum atomic E-state index is 5.83. The molecule has 84 valence electrons. The molecule has 5 nitrogen and oxygen atoms in total. The molecule has 0 bridgehead atoms. The van der Waals surface area contributed by atoms with E-state index in [1.54, 1.807) is 4.68 Å². The van der Waals surface area contributed by atoms with Crippen molar-refractivity contribution in [1.29, 1.82) is 0 Å². The normalized spacial score (nSPS) is 22.9. The average molecular weight is 209 g/mol. The number of nitrogens with two attached hydrogens (primary N) is 1. The summed E-state index contributed by atoms with van der Waals surface area (Å²) in [5.41, 5.74) is 6.56. The van der Waals surface area contributed by atoms with Crippen LogP contribution >= 0.6 is 0 Å². The highest BCUT2D eigenvalue weighted by Gasteiger charge is 2.18. The zero-order chi connectivity index (χ0) is 10.8. The van der Waals surface area contributed by atoms with Crippen molar-refractivity contribution in [2.75, 3.05) is 31.2 Å². The van der Waals surface area contributed by atoms with E-state index in [0.717, 1.165) is 18.1 Å². The fraction of sp³-hybridized carbons (Fsp3) is 0.700. The van der Waals surface area contributed by atoms with E-state index in [-0.39, 0.29) is 0 Å². The number of hydrogen-bond acceptors (Lipinski definition) is 4. The third-order valence-electron chi connectivity index (χ3n) is 2.82. The Morgan fingerprint density at radius 1 is 1.53 bits per heavy atom. The third-order valence-corrected chi connectivity index (χ3v) is 2.82. The Balaban J connectivity index is 1.99. The van der Waals surface area contributed by atoms with Gasteiger partial charge in [0.2, 0.25) is 0 Å². The second kappa shape index (κ2) is 4.10. The maximum absolute atomic E-state index is 5.83. The number of hydrogen-bond donors (Lipinski definition) is 2. The lowest BCUT2D eigenvalue weighted by Gasteiger charge is -2.30. The van der Waals surface area contributed by atoms with Gasteiger partial charge in [0.25, 0.3) is 0 Å².